The van der Waals surface area contributed by atoms with Crippen molar-refractivity contribution in [1.82, 2.24) is 9.97 Å². The minimum Gasteiger partial charge on any atom is -0.322 e. The lowest BCUT2D eigenvalue weighted by Gasteiger charge is -2.12. The van der Waals surface area contributed by atoms with Crippen LogP contribution in [0.2, 0.25) is 0 Å². The van der Waals surface area contributed by atoms with Crippen molar-refractivity contribution < 1.29 is 21.6 Å². The lowest BCUT2D eigenvalue weighted by atomic mass is 10.1. The van der Waals surface area contributed by atoms with Gasteiger partial charge in [-0.3, -0.25) is 14.5 Å². The van der Waals surface area contributed by atoms with Crippen LogP contribution in [0.3, 0.4) is 0 Å². The zero-order chi connectivity index (χ0) is 20.8. The Morgan fingerprint density at radius 2 is 1.79 bits per heavy atom. The van der Waals surface area contributed by atoms with Crippen molar-refractivity contribution in [2.75, 3.05) is 4.72 Å². The van der Waals surface area contributed by atoms with Gasteiger partial charge in [0.05, 0.1) is 16.0 Å². The molecule has 4 aromatic rings. The monoisotopic (exact) mass is 419 g/mol. The molecule has 4 rings (SSSR count). The summed E-state index contributed by atoms with van der Waals surface area (Å²) in [7, 11) is -4.18. The van der Waals surface area contributed by atoms with Crippen LogP contribution in [0.1, 0.15) is 5.56 Å². The number of aromatic amines is 1. The number of fused-ring (bicyclic) bond motifs is 2. The van der Waals surface area contributed by atoms with E-state index in [1.165, 1.54) is 6.07 Å². The number of nitrogens with zero attached hydrogens (tertiary/aromatic N) is 1. The molecule has 0 aliphatic heterocycles. The molecule has 6 nitrogen and oxygen atoms in total. The van der Waals surface area contributed by atoms with Gasteiger partial charge in [-0.2, -0.15) is 13.2 Å². The van der Waals surface area contributed by atoms with Crippen molar-refractivity contribution in [3.63, 3.8) is 0 Å². The van der Waals surface area contributed by atoms with Gasteiger partial charge in [-0.1, -0.05) is 6.07 Å². The number of rotatable bonds is 3. The summed E-state index contributed by atoms with van der Waals surface area (Å²) in [6, 6.07) is 11.7. The number of pyridine rings is 2. The molecule has 0 radical (unpaired) electrons. The second-order valence-electron chi connectivity index (χ2n) is 6.27. The summed E-state index contributed by atoms with van der Waals surface area (Å²) in [5, 5.41) is 0.283. The Morgan fingerprint density at radius 3 is 2.55 bits per heavy atom. The largest absolute Gasteiger partial charge is 0.417 e. The van der Waals surface area contributed by atoms with Gasteiger partial charge >= 0.3 is 6.18 Å². The molecule has 10 heteroatoms. The lowest BCUT2D eigenvalue weighted by molar-refractivity contribution is -0.136. The fraction of sp³-hybridized carbons (Fsp3) is 0.0526. The molecule has 0 fully saturated rings. The van der Waals surface area contributed by atoms with Crippen molar-refractivity contribution in [3.05, 3.63) is 76.7 Å². The smallest absolute Gasteiger partial charge is 0.322 e. The van der Waals surface area contributed by atoms with Gasteiger partial charge in [0.1, 0.15) is 0 Å². The molecule has 2 aromatic carbocycles. The Labute approximate surface area is 162 Å². The van der Waals surface area contributed by atoms with Gasteiger partial charge in [-0.25, -0.2) is 8.42 Å². The first-order chi connectivity index (χ1) is 13.6. The molecule has 0 spiro atoms. The highest BCUT2D eigenvalue weighted by atomic mass is 32.2. The van der Waals surface area contributed by atoms with Gasteiger partial charge in [-0.15, -0.1) is 0 Å². The lowest BCUT2D eigenvalue weighted by Crippen LogP contribution is -2.16. The Kier molecular flexibility index (Phi) is 4.30. The highest BCUT2D eigenvalue weighted by Crippen LogP contribution is 2.34. The van der Waals surface area contributed by atoms with Crippen LogP contribution in [-0.4, -0.2) is 18.4 Å². The van der Waals surface area contributed by atoms with Crippen LogP contribution in [0, 0.1) is 0 Å². The van der Waals surface area contributed by atoms with Gasteiger partial charge in [0.25, 0.3) is 10.0 Å². The number of nitrogens with one attached hydrogen (secondary N) is 2. The van der Waals surface area contributed by atoms with Gasteiger partial charge in [0.2, 0.25) is 5.56 Å². The summed E-state index contributed by atoms with van der Waals surface area (Å²) >= 11 is 0. The topological polar surface area (TPSA) is 91.9 Å². The fourth-order valence-electron chi connectivity index (χ4n) is 2.99. The van der Waals surface area contributed by atoms with Crippen LogP contribution in [0.15, 0.2) is 70.5 Å². The number of alkyl halides is 3. The van der Waals surface area contributed by atoms with Crippen molar-refractivity contribution in [1.29, 1.82) is 0 Å². The SMILES string of the molecule is O=c1cc(C(F)(F)F)c2cc(S(=O)(=O)Nc3ccc4ncccc4c3)ccc2[nH]1. The van der Waals surface area contributed by atoms with Crippen LogP contribution in [-0.2, 0) is 16.2 Å². The standard InChI is InChI=1S/C19H12F3N3O3S/c20-19(21,22)15-10-18(26)24-17-6-4-13(9-14(15)17)29(27,28)25-12-3-5-16-11(8-12)2-1-7-23-16/h1-10,25H,(H,24,26). The Balaban J connectivity index is 1.79. The third-order valence-corrected chi connectivity index (χ3v) is 5.66. The molecule has 0 saturated heterocycles. The average Bonchev–Trinajstić information content (AvgIpc) is 2.65. The Bertz CT molecular complexity index is 1410. The van der Waals surface area contributed by atoms with E-state index in [1.54, 1.807) is 30.5 Å². The number of halogens is 3. The van der Waals surface area contributed by atoms with E-state index >= 15 is 0 Å². The molecule has 0 atom stereocenters. The zero-order valence-corrected chi connectivity index (χ0v) is 15.3. The number of sulfonamides is 1. The average molecular weight is 419 g/mol. The first kappa shape index (κ1) is 18.9. The highest BCUT2D eigenvalue weighted by molar-refractivity contribution is 7.92. The van der Waals surface area contributed by atoms with Crippen molar-refractivity contribution in [3.8, 4) is 0 Å². The summed E-state index contributed by atoms with van der Waals surface area (Å²) in [5.41, 5.74) is -1.34. The molecule has 0 aliphatic rings. The van der Waals surface area contributed by atoms with Gasteiger partial charge in [0, 0.05) is 34.2 Å². The van der Waals surface area contributed by atoms with E-state index in [0.717, 1.165) is 18.2 Å². The molecule has 0 unspecified atom stereocenters. The molecular formula is C19H12F3N3O3S. The third-order valence-electron chi connectivity index (χ3n) is 4.29. The van der Waals surface area contributed by atoms with E-state index in [4.69, 9.17) is 0 Å². The molecular weight excluding hydrogens is 407 g/mol. The van der Waals surface area contributed by atoms with E-state index in [0.29, 0.717) is 17.0 Å². The summed E-state index contributed by atoms with van der Waals surface area (Å²) < 4.78 is 67.7. The maximum Gasteiger partial charge on any atom is 0.417 e. The normalized spacial score (nSPS) is 12.4. The number of hydrogen-bond acceptors (Lipinski definition) is 4. The Hall–Kier alpha value is -3.40. The maximum absolute atomic E-state index is 13.3. The van der Waals surface area contributed by atoms with Gasteiger partial charge < -0.3 is 4.98 Å². The van der Waals surface area contributed by atoms with E-state index in [-0.39, 0.29) is 16.1 Å². The number of H-pyrrole nitrogens is 1. The van der Waals surface area contributed by atoms with Crippen molar-refractivity contribution in [2.45, 2.75) is 11.1 Å². The maximum atomic E-state index is 13.3. The Morgan fingerprint density at radius 1 is 1.00 bits per heavy atom. The number of anilines is 1. The van der Waals surface area contributed by atoms with Crippen molar-refractivity contribution >= 4 is 37.5 Å². The first-order valence-electron chi connectivity index (χ1n) is 8.25. The van der Waals surface area contributed by atoms with Crippen LogP contribution in [0.5, 0.6) is 0 Å². The molecule has 2 N–H and O–H groups in total. The molecule has 148 valence electrons. The number of benzene rings is 2. The zero-order valence-electron chi connectivity index (χ0n) is 14.5. The van der Waals surface area contributed by atoms with E-state index in [9.17, 15) is 26.4 Å². The molecule has 0 amide bonds. The second-order valence-corrected chi connectivity index (χ2v) is 7.95. The summed E-state index contributed by atoms with van der Waals surface area (Å²) in [6.07, 6.45) is -3.21. The number of hydrogen-bond donors (Lipinski definition) is 2. The van der Waals surface area contributed by atoms with Crippen LogP contribution >= 0.6 is 0 Å². The van der Waals surface area contributed by atoms with E-state index in [2.05, 4.69) is 14.7 Å². The van der Waals surface area contributed by atoms with Gasteiger partial charge in [0.15, 0.2) is 0 Å². The van der Waals surface area contributed by atoms with Gasteiger partial charge in [-0.05, 0) is 42.5 Å². The van der Waals surface area contributed by atoms with E-state index in [1.807, 2.05) is 0 Å². The predicted octanol–water partition coefficient (Wildman–Crippen LogP) is 3.90. The molecule has 2 aromatic heterocycles. The highest BCUT2D eigenvalue weighted by Gasteiger charge is 2.33. The number of aromatic nitrogens is 2. The van der Waals surface area contributed by atoms with Crippen LogP contribution in [0.4, 0.5) is 18.9 Å². The molecule has 0 bridgehead atoms. The minimum atomic E-state index is -4.81. The van der Waals surface area contributed by atoms with Crippen LogP contribution in [0.25, 0.3) is 21.8 Å². The van der Waals surface area contributed by atoms with Crippen LogP contribution < -0.4 is 10.3 Å². The molecule has 0 aliphatic carbocycles. The summed E-state index contributed by atoms with van der Waals surface area (Å²) in [4.78, 5) is 17.5. The first-order valence-corrected chi connectivity index (χ1v) is 9.74. The minimum absolute atomic E-state index is 0.111. The predicted molar refractivity (Wildman–Crippen MR) is 102 cm³/mol. The van der Waals surface area contributed by atoms with Crippen molar-refractivity contribution in [2.24, 2.45) is 0 Å². The molecule has 2 heterocycles. The van der Waals surface area contributed by atoms with E-state index < -0.39 is 32.7 Å². The fourth-order valence-corrected chi connectivity index (χ4v) is 4.06. The second kappa shape index (κ2) is 6.59. The quantitative estimate of drug-likeness (QED) is 0.527. The third kappa shape index (κ3) is 3.66. The molecule has 0 saturated carbocycles. The molecule has 29 heavy (non-hydrogen) atoms. The summed E-state index contributed by atoms with van der Waals surface area (Å²) in [6.45, 7) is 0. The summed E-state index contributed by atoms with van der Waals surface area (Å²) in [5.74, 6) is 0.